The number of nitrogen functional groups attached to an aromatic ring is 1. The lowest BCUT2D eigenvalue weighted by molar-refractivity contribution is -0.121. The quantitative estimate of drug-likeness (QED) is 0.729. The first-order valence-electron chi connectivity index (χ1n) is 5.79. The van der Waals surface area contributed by atoms with Crippen molar-refractivity contribution in [3.05, 3.63) is 29.3 Å². The molecule has 1 heterocycles. The lowest BCUT2D eigenvalue weighted by atomic mass is 10.1. The number of nitrogens with one attached hydrogen (secondary N) is 1. The van der Waals surface area contributed by atoms with Crippen LogP contribution in [0.25, 0.3) is 0 Å². The van der Waals surface area contributed by atoms with Crippen molar-refractivity contribution in [3.8, 4) is 0 Å². The minimum absolute atomic E-state index is 0.143. The fourth-order valence-electron chi connectivity index (χ4n) is 1.88. The zero-order chi connectivity index (χ0) is 14.0. The van der Waals surface area contributed by atoms with Crippen LogP contribution in [0, 0.1) is 11.6 Å². The second kappa shape index (κ2) is 5.21. The molecule has 5 nitrogen and oxygen atoms in total. The highest BCUT2D eigenvalue weighted by Gasteiger charge is 2.24. The van der Waals surface area contributed by atoms with Crippen LogP contribution in [-0.4, -0.2) is 36.3 Å². The standard InChI is InChI=1S/C12H13F2N3O2/c13-8-5-9(14)10(15)4-7(8)12(19)17-3-1-2-16-11(18)6-17/h4-5H,1-3,6,15H2,(H,16,18). The molecule has 1 aromatic carbocycles. The summed E-state index contributed by atoms with van der Waals surface area (Å²) in [6, 6.07) is 1.52. The van der Waals surface area contributed by atoms with Crippen molar-refractivity contribution in [1.82, 2.24) is 10.2 Å². The lowest BCUT2D eigenvalue weighted by Crippen LogP contribution is -2.37. The van der Waals surface area contributed by atoms with E-state index in [2.05, 4.69) is 5.32 Å². The van der Waals surface area contributed by atoms with Gasteiger partial charge >= 0.3 is 0 Å². The molecule has 3 N–H and O–H groups in total. The highest BCUT2D eigenvalue weighted by atomic mass is 19.1. The van der Waals surface area contributed by atoms with Gasteiger partial charge < -0.3 is 16.0 Å². The molecule has 1 aliphatic rings. The predicted molar refractivity (Wildman–Crippen MR) is 64.3 cm³/mol. The van der Waals surface area contributed by atoms with E-state index in [4.69, 9.17) is 5.73 Å². The number of nitrogens with two attached hydrogens (primary N) is 1. The fraction of sp³-hybridized carbons (Fsp3) is 0.333. The molecule has 1 fully saturated rings. The van der Waals surface area contributed by atoms with Crippen molar-refractivity contribution in [2.45, 2.75) is 6.42 Å². The Morgan fingerprint density at radius 1 is 1.32 bits per heavy atom. The van der Waals surface area contributed by atoms with Gasteiger partial charge in [0.15, 0.2) is 0 Å². The van der Waals surface area contributed by atoms with Crippen LogP contribution in [0.2, 0.25) is 0 Å². The molecule has 2 amide bonds. The van der Waals surface area contributed by atoms with Gasteiger partial charge in [0.05, 0.1) is 17.8 Å². The number of nitrogens with zero attached hydrogens (tertiary/aromatic N) is 1. The van der Waals surface area contributed by atoms with Crippen LogP contribution in [0.15, 0.2) is 12.1 Å². The van der Waals surface area contributed by atoms with Gasteiger partial charge in [-0.1, -0.05) is 0 Å². The molecule has 102 valence electrons. The van der Waals surface area contributed by atoms with Gasteiger partial charge in [-0.15, -0.1) is 0 Å². The average molecular weight is 269 g/mol. The molecule has 0 spiro atoms. The smallest absolute Gasteiger partial charge is 0.257 e. The van der Waals surface area contributed by atoms with Crippen LogP contribution < -0.4 is 11.1 Å². The molecule has 0 saturated carbocycles. The first-order chi connectivity index (χ1) is 8.99. The number of hydrogen-bond acceptors (Lipinski definition) is 3. The Balaban J connectivity index is 2.28. The van der Waals surface area contributed by atoms with Crippen LogP contribution in [0.4, 0.5) is 14.5 Å². The Labute approximate surface area is 108 Å². The topological polar surface area (TPSA) is 75.4 Å². The molecule has 2 rings (SSSR count). The van der Waals surface area contributed by atoms with E-state index in [0.29, 0.717) is 25.6 Å². The second-order valence-corrected chi connectivity index (χ2v) is 4.28. The summed E-state index contributed by atoms with van der Waals surface area (Å²) in [5.41, 5.74) is 4.70. The molecule has 1 aliphatic heterocycles. The average Bonchev–Trinajstić information content (AvgIpc) is 2.58. The van der Waals surface area contributed by atoms with E-state index in [1.807, 2.05) is 0 Å². The van der Waals surface area contributed by atoms with Crippen LogP contribution in [0.5, 0.6) is 0 Å². The van der Waals surface area contributed by atoms with Crippen LogP contribution in [0.3, 0.4) is 0 Å². The summed E-state index contributed by atoms with van der Waals surface area (Å²) in [5, 5.41) is 2.60. The fourth-order valence-corrected chi connectivity index (χ4v) is 1.88. The Morgan fingerprint density at radius 3 is 2.79 bits per heavy atom. The summed E-state index contributed by atoms with van der Waals surface area (Å²) in [4.78, 5) is 24.7. The maximum absolute atomic E-state index is 13.6. The van der Waals surface area contributed by atoms with E-state index < -0.39 is 17.5 Å². The molecule has 0 bridgehead atoms. The van der Waals surface area contributed by atoms with Gasteiger partial charge in [-0.25, -0.2) is 8.78 Å². The number of halogens is 2. The number of anilines is 1. The summed E-state index contributed by atoms with van der Waals surface area (Å²) in [6.07, 6.45) is 0.579. The monoisotopic (exact) mass is 269 g/mol. The maximum Gasteiger partial charge on any atom is 0.257 e. The van der Waals surface area contributed by atoms with Crippen molar-refractivity contribution in [2.75, 3.05) is 25.4 Å². The highest BCUT2D eigenvalue weighted by molar-refractivity contribution is 5.97. The molecule has 19 heavy (non-hydrogen) atoms. The zero-order valence-corrected chi connectivity index (χ0v) is 10.1. The van der Waals surface area contributed by atoms with E-state index >= 15 is 0 Å². The van der Waals surface area contributed by atoms with E-state index in [0.717, 1.165) is 6.07 Å². The molecule has 0 aromatic heterocycles. The predicted octanol–water partition coefficient (Wildman–Crippen LogP) is 0.509. The number of benzene rings is 1. The Hall–Kier alpha value is -2.18. The van der Waals surface area contributed by atoms with Crippen molar-refractivity contribution in [1.29, 1.82) is 0 Å². The third-order valence-electron chi connectivity index (χ3n) is 2.87. The first kappa shape index (κ1) is 13.3. The molecule has 1 saturated heterocycles. The molecule has 0 unspecified atom stereocenters. The van der Waals surface area contributed by atoms with E-state index in [1.165, 1.54) is 4.90 Å². The van der Waals surface area contributed by atoms with Gasteiger partial charge in [0, 0.05) is 19.2 Å². The summed E-state index contributed by atoms with van der Waals surface area (Å²) in [6.45, 7) is 0.653. The summed E-state index contributed by atoms with van der Waals surface area (Å²) >= 11 is 0. The van der Waals surface area contributed by atoms with Gasteiger partial charge in [-0.05, 0) is 12.5 Å². The number of carbonyl (C=O) groups is 2. The number of amides is 2. The molecule has 0 radical (unpaired) electrons. The molecule has 0 aliphatic carbocycles. The number of rotatable bonds is 1. The number of carbonyl (C=O) groups excluding carboxylic acids is 2. The first-order valence-corrected chi connectivity index (χ1v) is 5.79. The van der Waals surface area contributed by atoms with Crippen molar-refractivity contribution in [2.24, 2.45) is 0 Å². The van der Waals surface area contributed by atoms with Crippen molar-refractivity contribution >= 4 is 17.5 Å². The number of hydrogen-bond donors (Lipinski definition) is 2. The third-order valence-corrected chi connectivity index (χ3v) is 2.87. The Bertz CT molecular complexity index is 534. The van der Waals surface area contributed by atoms with Crippen molar-refractivity contribution in [3.63, 3.8) is 0 Å². The third kappa shape index (κ3) is 2.81. The Morgan fingerprint density at radius 2 is 2.05 bits per heavy atom. The van der Waals surface area contributed by atoms with Gasteiger partial charge in [0.25, 0.3) is 5.91 Å². The van der Waals surface area contributed by atoms with Gasteiger partial charge in [-0.2, -0.15) is 0 Å². The van der Waals surface area contributed by atoms with Gasteiger partial charge in [-0.3, -0.25) is 9.59 Å². The van der Waals surface area contributed by atoms with Crippen molar-refractivity contribution < 1.29 is 18.4 Å². The maximum atomic E-state index is 13.6. The van der Waals surface area contributed by atoms with Gasteiger partial charge in [0.1, 0.15) is 11.6 Å². The minimum Gasteiger partial charge on any atom is -0.396 e. The van der Waals surface area contributed by atoms with E-state index in [9.17, 15) is 18.4 Å². The molecule has 1 aromatic rings. The minimum atomic E-state index is -0.985. The largest absolute Gasteiger partial charge is 0.396 e. The summed E-state index contributed by atoms with van der Waals surface area (Å²) in [7, 11) is 0. The van der Waals surface area contributed by atoms with Crippen LogP contribution in [0.1, 0.15) is 16.8 Å². The molecular formula is C12H13F2N3O2. The van der Waals surface area contributed by atoms with Gasteiger partial charge in [0.2, 0.25) is 5.91 Å². The Kier molecular flexibility index (Phi) is 3.64. The second-order valence-electron chi connectivity index (χ2n) is 4.28. The van der Waals surface area contributed by atoms with E-state index in [-0.39, 0.29) is 23.7 Å². The molecule has 0 atom stereocenters. The lowest BCUT2D eigenvalue weighted by Gasteiger charge is -2.19. The summed E-state index contributed by atoms with van der Waals surface area (Å²) < 4.78 is 26.6. The normalized spacial score (nSPS) is 15.9. The SMILES string of the molecule is Nc1cc(C(=O)N2CCCNC(=O)C2)c(F)cc1F. The molecule has 7 heteroatoms. The molecular weight excluding hydrogens is 256 g/mol. The highest BCUT2D eigenvalue weighted by Crippen LogP contribution is 2.18. The zero-order valence-electron chi connectivity index (χ0n) is 10.1. The van der Waals surface area contributed by atoms with Crippen LogP contribution >= 0.6 is 0 Å². The van der Waals surface area contributed by atoms with Crippen LogP contribution in [-0.2, 0) is 4.79 Å². The summed E-state index contributed by atoms with van der Waals surface area (Å²) in [5.74, 6) is -2.87. The van der Waals surface area contributed by atoms with E-state index in [1.54, 1.807) is 0 Å².